The summed E-state index contributed by atoms with van der Waals surface area (Å²) >= 11 is 0. The van der Waals surface area contributed by atoms with E-state index in [4.69, 9.17) is 14.2 Å². The number of hydrogen-bond donors (Lipinski definition) is 1. The molecule has 1 N–H and O–H groups in total. The minimum atomic E-state index is 0.281. The van der Waals surface area contributed by atoms with Crippen molar-refractivity contribution in [2.75, 3.05) is 28.4 Å². The molecule has 0 saturated heterocycles. The molecule has 1 unspecified atom stereocenters. The summed E-state index contributed by atoms with van der Waals surface area (Å²) in [6, 6.07) is 4.35. The van der Waals surface area contributed by atoms with E-state index in [-0.39, 0.29) is 6.04 Å². The molecule has 0 radical (unpaired) electrons. The molecule has 0 aliphatic heterocycles. The van der Waals surface area contributed by atoms with Gasteiger partial charge >= 0.3 is 0 Å². The lowest BCUT2D eigenvalue weighted by atomic mass is 9.91. The zero-order valence-electron chi connectivity index (χ0n) is 14.2. The van der Waals surface area contributed by atoms with E-state index in [1.807, 2.05) is 19.2 Å². The predicted octanol–water partition coefficient (Wildman–Crippen LogP) is 3.80. The Hall–Kier alpha value is -1.42. The number of hydrogen-bond acceptors (Lipinski definition) is 4. The van der Waals surface area contributed by atoms with Crippen LogP contribution in [0.1, 0.15) is 44.7 Å². The molecular formula is C17H29NO3. The minimum Gasteiger partial charge on any atom is -0.493 e. The highest BCUT2D eigenvalue weighted by Gasteiger charge is 2.20. The smallest absolute Gasteiger partial charge is 0.203 e. The maximum atomic E-state index is 5.44. The third-order valence-electron chi connectivity index (χ3n) is 4.16. The summed E-state index contributed by atoms with van der Waals surface area (Å²) in [4.78, 5) is 0. The van der Waals surface area contributed by atoms with Gasteiger partial charge in [0.25, 0.3) is 0 Å². The van der Waals surface area contributed by atoms with Crippen LogP contribution >= 0.6 is 0 Å². The van der Waals surface area contributed by atoms with Crippen LogP contribution < -0.4 is 19.5 Å². The average molecular weight is 295 g/mol. The Bertz CT molecular complexity index is 405. The van der Waals surface area contributed by atoms with Crippen LogP contribution in [0.15, 0.2) is 12.1 Å². The number of nitrogens with one attached hydrogen (secondary N) is 1. The summed E-state index contributed by atoms with van der Waals surface area (Å²) in [5.41, 5.74) is 1.17. The van der Waals surface area contributed by atoms with Crippen molar-refractivity contribution in [3.8, 4) is 17.2 Å². The summed E-state index contributed by atoms with van der Waals surface area (Å²) in [5, 5.41) is 3.41. The molecule has 0 aliphatic carbocycles. The van der Waals surface area contributed by atoms with Crippen molar-refractivity contribution in [3.05, 3.63) is 17.7 Å². The van der Waals surface area contributed by atoms with E-state index in [1.54, 1.807) is 21.3 Å². The summed E-state index contributed by atoms with van der Waals surface area (Å²) in [5.74, 6) is 2.76. The number of rotatable bonds is 9. The van der Waals surface area contributed by atoms with Crippen LogP contribution in [-0.2, 0) is 0 Å². The molecule has 4 heteroatoms. The molecule has 0 aliphatic rings. The van der Waals surface area contributed by atoms with Gasteiger partial charge in [-0.3, -0.25) is 0 Å². The molecule has 0 spiro atoms. The largest absolute Gasteiger partial charge is 0.493 e. The monoisotopic (exact) mass is 295 g/mol. The Labute approximate surface area is 128 Å². The lowest BCUT2D eigenvalue weighted by Crippen LogP contribution is -2.20. The second-order valence-corrected chi connectivity index (χ2v) is 5.22. The Morgan fingerprint density at radius 1 is 0.952 bits per heavy atom. The van der Waals surface area contributed by atoms with Crippen molar-refractivity contribution in [3.63, 3.8) is 0 Å². The van der Waals surface area contributed by atoms with Crippen molar-refractivity contribution in [2.45, 2.75) is 39.2 Å². The van der Waals surface area contributed by atoms with Crippen LogP contribution in [0.25, 0.3) is 0 Å². The van der Waals surface area contributed by atoms with Gasteiger partial charge in [0.05, 0.1) is 21.3 Å². The van der Waals surface area contributed by atoms with Crippen LogP contribution in [0.5, 0.6) is 17.2 Å². The van der Waals surface area contributed by atoms with Gasteiger partial charge in [-0.2, -0.15) is 0 Å². The zero-order valence-corrected chi connectivity index (χ0v) is 14.2. The SMILES string of the molecule is CCC(CC)CC(NC)c1cc(OC)c(OC)c(OC)c1. The fourth-order valence-corrected chi connectivity index (χ4v) is 2.68. The number of benzene rings is 1. The molecular weight excluding hydrogens is 266 g/mol. The van der Waals surface area contributed by atoms with Crippen molar-refractivity contribution in [1.29, 1.82) is 0 Å². The van der Waals surface area contributed by atoms with Gasteiger partial charge in [-0.25, -0.2) is 0 Å². The third-order valence-corrected chi connectivity index (χ3v) is 4.16. The highest BCUT2D eigenvalue weighted by Crippen LogP contribution is 2.40. The Balaban J connectivity index is 3.14. The van der Waals surface area contributed by atoms with E-state index < -0.39 is 0 Å². The first-order valence-corrected chi connectivity index (χ1v) is 7.62. The molecule has 0 fully saturated rings. The summed E-state index contributed by atoms with van der Waals surface area (Å²) < 4.78 is 16.3. The topological polar surface area (TPSA) is 39.7 Å². The fourth-order valence-electron chi connectivity index (χ4n) is 2.68. The molecule has 4 nitrogen and oxygen atoms in total. The van der Waals surface area contributed by atoms with Crippen LogP contribution in [0, 0.1) is 5.92 Å². The molecule has 1 aromatic carbocycles. The summed E-state index contributed by atoms with van der Waals surface area (Å²) in [7, 11) is 6.92. The Kier molecular flexibility index (Phi) is 7.37. The van der Waals surface area contributed by atoms with Crippen LogP contribution in [0.4, 0.5) is 0 Å². The van der Waals surface area contributed by atoms with Crippen LogP contribution in [-0.4, -0.2) is 28.4 Å². The third kappa shape index (κ3) is 4.27. The van der Waals surface area contributed by atoms with Gasteiger partial charge in [-0.1, -0.05) is 26.7 Å². The van der Waals surface area contributed by atoms with Gasteiger partial charge in [0.2, 0.25) is 5.75 Å². The molecule has 0 aromatic heterocycles. The number of methoxy groups -OCH3 is 3. The van der Waals surface area contributed by atoms with Gasteiger partial charge in [0, 0.05) is 6.04 Å². The average Bonchev–Trinajstić information content (AvgIpc) is 2.54. The van der Waals surface area contributed by atoms with E-state index in [1.165, 1.54) is 18.4 Å². The second kappa shape index (κ2) is 8.78. The quantitative estimate of drug-likeness (QED) is 0.752. The maximum absolute atomic E-state index is 5.44. The van der Waals surface area contributed by atoms with Crippen molar-refractivity contribution in [2.24, 2.45) is 5.92 Å². The summed E-state index contributed by atoms with van der Waals surface area (Å²) in [6.07, 6.45) is 3.49. The lowest BCUT2D eigenvalue weighted by molar-refractivity contribution is 0.321. The van der Waals surface area contributed by atoms with Gasteiger partial charge < -0.3 is 19.5 Å². The molecule has 120 valence electrons. The fraction of sp³-hybridized carbons (Fsp3) is 0.647. The lowest BCUT2D eigenvalue weighted by Gasteiger charge is -2.23. The van der Waals surface area contributed by atoms with Crippen LogP contribution in [0.3, 0.4) is 0 Å². The Morgan fingerprint density at radius 3 is 1.81 bits per heavy atom. The molecule has 0 saturated carbocycles. The maximum Gasteiger partial charge on any atom is 0.203 e. The predicted molar refractivity (Wildman–Crippen MR) is 86.6 cm³/mol. The van der Waals surface area contributed by atoms with Crippen molar-refractivity contribution >= 4 is 0 Å². The molecule has 1 rings (SSSR count). The van der Waals surface area contributed by atoms with E-state index in [0.29, 0.717) is 23.2 Å². The van der Waals surface area contributed by atoms with E-state index >= 15 is 0 Å². The normalized spacial score (nSPS) is 12.3. The molecule has 21 heavy (non-hydrogen) atoms. The zero-order chi connectivity index (χ0) is 15.8. The van der Waals surface area contributed by atoms with Gasteiger partial charge in [0.1, 0.15) is 0 Å². The van der Waals surface area contributed by atoms with Crippen molar-refractivity contribution in [1.82, 2.24) is 5.32 Å². The second-order valence-electron chi connectivity index (χ2n) is 5.22. The van der Waals surface area contributed by atoms with Gasteiger partial charge in [0.15, 0.2) is 11.5 Å². The first-order valence-electron chi connectivity index (χ1n) is 7.62. The number of ether oxygens (including phenoxy) is 3. The van der Waals surface area contributed by atoms with Gasteiger partial charge in [-0.05, 0) is 37.1 Å². The molecule has 1 aromatic rings. The standard InChI is InChI=1S/C17H29NO3/c1-7-12(8-2)9-14(18-3)13-10-15(19-4)17(21-6)16(11-13)20-5/h10-12,14,18H,7-9H2,1-6H3. The first kappa shape index (κ1) is 17.6. The molecule has 1 atom stereocenters. The van der Waals surface area contributed by atoms with Crippen LogP contribution in [0.2, 0.25) is 0 Å². The highest BCUT2D eigenvalue weighted by molar-refractivity contribution is 5.54. The minimum absolute atomic E-state index is 0.281. The van der Waals surface area contributed by atoms with E-state index in [9.17, 15) is 0 Å². The van der Waals surface area contributed by atoms with E-state index in [0.717, 1.165) is 6.42 Å². The highest BCUT2D eigenvalue weighted by atomic mass is 16.5. The summed E-state index contributed by atoms with van der Waals surface area (Å²) in [6.45, 7) is 4.49. The molecule has 0 heterocycles. The molecule has 0 amide bonds. The first-order chi connectivity index (χ1) is 10.1. The Morgan fingerprint density at radius 2 is 1.48 bits per heavy atom. The van der Waals surface area contributed by atoms with Gasteiger partial charge in [-0.15, -0.1) is 0 Å². The van der Waals surface area contributed by atoms with Crippen molar-refractivity contribution < 1.29 is 14.2 Å². The van der Waals surface area contributed by atoms with E-state index in [2.05, 4.69) is 19.2 Å². The molecule has 0 bridgehead atoms.